The molecule has 1 saturated heterocycles. The van der Waals surface area contributed by atoms with Crippen LogP contribution in [0.2, 0.25) is 0 Å². The molecule has 2 aliphatic heterocycles. The molecule has 4 aliphatic carbocycles. The highest BCUT2D eigenvalue weighted by atomic mass is 32.2. The monoisotopic (exact) mass is 476 g/mol. The van der Waals surface area contributed by atoms with Crippen molar-refractivity contribution in [3.63, 3.8) is 0 Å². The fraction of sp³-hybridized carbons (Fsp3) is 0.571. The normalized spacial score (nSPS) is 37.6. The molecule has 34 heavy (non-hydrogen) atoms. The summed E-state index contributed by atoms with van der Waals surface area (Å²) < 4.78 is 40.7. The highest BCUT2D eigenvalue weighted by molar-refractivity contribution is 7.91. The third kappa shape index (κ3) is 2.55. The van der Waals surface area contributed by atoms with Crippen LogP contribution < -0.4 is 5.46 Å². The van der Waals surface area contributed by atoms with E-state index in [1.807, 2.05) is 52.0 Å². The van der Waals surface area contributed by atoms with Gasteiger partial charge in [0.1, 0.15) is 0 Å². The van der Waals surface area contributed by atoms with Gasteiger partial charge in [-0.15, -0.1) is 0 Å². The van der Waals surface area contributed by atoms with Gasteiger partial charge in [-0.25, -0.2) is 8.42 Å². The zero-order chi connectivity index (χ0) is 23.7. The van der Waals surface area contributed by atoms with Gasteiger partial charge in [0.25, 0.3) is 0 Å². The second-order valence-corrected chi connectivity index (χ2v) is 14.4. The summed E-state index contributed by atoms with van der Waals surface area (Å²) in [6.45, 7) is 8.12. The van der Waals surface area contributed by atoms with Crippen molar-refractivity contribution in [3.05, 3.63) is 53.6 Å². The summed E-state index contributed by atoms with van der Waals surface area (Å²) in [5.74, 6) is 2.65. The molecule has 5 fully saturated rings. The van der Waals surface area contributed by atoms with Crippen LogP contribution in [-0.2, 0) is 24.6 Å². The predicted molar refractivity (Wildman–Crippen MR) is 132 cm³/mol. The Labute approximate surface area is 203 Å². The fourth-order valence-electron chi connectivity index (χ4n) is 8.34. The maximum Gasteiger partial charge on any atom is 0.494 e. The third-order valence-electron chi connectivity index (χ3n) is 10.3. The van der Waals surface area contributed by atoms with Crippen molar-refractivity contribution in [2.75, 3.05) is 0 Å². The Morgan fingerprint density at radius 2 is 1.32 bits per heavy atom. The molecule has 0 amide bonds. The molecular weight excluding hydrogens is 443 g/mol. The van der Waals surface area contributed by atoms with Gasteiger partial charge in [-0.3, -0.25) is 0 Å². The molecular formula is C28H33BO4S. The Morgan fingerprint density at radius 3 is 1.94 bits per heavy atom. The van der Waals surface area contributed by atoms with E-state index in [-0.39, 0.29) is 5.41 Å². The van der Waals surface area contributed by atoms with Crippen LogP contribution in [0.4, 0.5) is 0 Å². The molecule has 6 aliphatic rings. The number of hydrogen-bond donors (Lipinski definition) is 0. The lowest BCUT2D eigenvalue weighted by Gasteiger charge is -2.63. The second kappa shape index (κ2) is 6.57. The lowest BCUT2D eigenvalue weighted by atomic mass is 9.42. The standard InChI is InChI=1S/C28H33BO4S/c1-26(2)27(3,4)33-29(32-26)21-9-10-23-25(16-21)34(30,31)24-8-6-5-7-22(24)28(23)19-12-17-11-18(14-19)15-20(28)13-17/h5-10,16-20H,11-15H2,1-4H3. The van der Waals surface area contributed by atoms with Gasteiger partial charge in [0.2, 0.25) is 9.84 Å². The maximum atomic E-state index is 14.1. The van der Waals surface area contributed by atoms with E-state index in [4.69, 9.17) is 9.31 Å². The van der Waals surface area contributed by atoms with Crippen LogP contribution in [0.1, 0.15) is 70.9 Å². The maximum absolute atomic E-state index is 14.1. The first kappa shape index (κ1) is 21.6. The van der Waals surface area contributed by atoms with Gasteiger partial charge in [-0.1, -0.05) is 30.3 Å². The average Bonchev–Trinajstić information content (AvgIpc) is 3.00. The van der Waals surface area contributed by atoms with Crippen molar-refractivity contribution in [3.8, 4) is 0 Å². The first-order valence-electron chi connectivity index (χ1n) is 12.9. The third-order valence-corrected chi connectivity index (χ3v) is 12.2. The quantitative estimate of drug-likeness (QED) is 0.551. The van der Waals surface area contributed by atoms with E-state index < -0.39 is 28.2 Å². The summed E-state index contributed by atoms with van der Waals surface area (Å²) in [7, 11) is -4.20. The van der Waals surface area contributed by atoms with E-state index in [1.165, 1.54) is 32.1 Å². The molecule has 0 unspecified atom stereocenters. The molecule has 4 nitrogen and oxygen atoms in total. The van der Waals surface area contributed by atoms with Crippen molar-refractivity contribution < 1.29 is 17.7 Å². The Hall–Kier alpha value is -1.63. The van der Waals surface area contributed by atoms with E-state index in [9.17, 15) is 8.42 Å². The predicted octanol–water partition coefficient (Wildman–Crippen LogP) is 4.87. The number of fused-ring (bicyclic) bond motifs is 2. The van der Waals surface area contributed by atoms with Crippen molar-refractivity contribution in [2.24, 2.45) is 23.7 Å². The molecule has 0 radical (unpaired) electrons. The van der Waals surface area contributed by atoms with Gasteiger partial charge < -0.3 is 9.31 Å². The molecule has 1 spiro atoms. The number of benzene rings is 2. The number of hydrogen-bond acceptors (Lipinski definition) is 4. The van der Waals surface area contributed by atoms with Crippen LogP contribution in [0.5, 0.6) is 0 Å². The van der Waals surface area contributed by atoms with Crippen LogP contribution in [0.3, 0.4) is 0 Å². The van der Waals surface area contributed by atoms with E-state index in [0.717, 1.165) is 28.4 Å². The van der Waals surface area contributed by atoms with Crippen LogP contribution in [0.15, 0.2) is 52.3 Å². The highest BCUT2D eigenvalue weighted by Crippen LogP contribution is 2.67. The van der Waals surface area contributed by atoms with E-state index in [2.05, 4.69) is 18.2 Å². The van der Waals surface area contributed by atoms with Gasteiger partial charge in [-0.05, 0) is 112 Å². The molecule has 0 N–H and O–H groups in total. The smallest absolute Gasteiger partial charge is 0.399 e. The Balaban J connectivity index is 1.44. The average molecular weight is 476 g/mol. The SMILES string of the molecule is CC1(C)OB(c2ccc3c(c2)S(=O)(=O)c2ccccc2C32C3CC4CC(C3)CC2C4)OC1(C)C. The minimum atomic E-state index is -3.63. The molecule has 2 heterocycles. The lowest BCUT2D eigenvalue weighted by molar-refractivity contribution is -0.0446. The molecule has 4 bridgehead atoms. The largest absolute Gasteiger partial charge is 0.494 e. The molecule has 2 aromatic carbocycles. The molecule has 8 rings (SSSR count). The zero-order valence-electron chi connectivity index (χ0n) is 20.5. The number of rotatable bonds is 1. The van der Waals surface area contributed by atoms with Crippen LogP contribution >= 0.6 is 0 Å². The summed E-state index contributed by atoms with van der Waals surface area (Å²) in [6, 6.07) is 13.9. The molecule has 6 heteroatoms. The lowest BCUT2D eigenvalue weighted by Crippen LogP contribution is -2.58. The molecule has 178 valence electrons. The minimum absolute atomic E-state index is 0.195. The first-order chi connectivity index (χ1) is 16.0. The molecule has 4 saturated carbocycles. The Bertz CT molecular complexity index is 1270. The summed E-state index contributed by atoms with van der Waals surface area (Å²) in [6.07, 6.45) is 6.26. The summed E-state index contributed by atoms with van der Waals surface area (Å²) in [5.41, 5.74) is 1.74. The van der Waals surface area contributed by atoms with Crippen molar-refractivity contribution >= 4 is 22.4 Å². The number of sulfone groups is 1. The topological polar surface area (TPSA) is 52.6 Å². The molecule has 0 atom stereocenters. The molecule has 2 aromatic rings. The van der Waals surface area contributed by atoms with E-state index in [1.54, 1.807) is 0 Å². The van der Waals surface area contributed by atoms with Gasteiger partial charge in [0.05, 0.1) is 21.0 Å². The summed E-state index contributed by atoms with van der Waals surface area (Å²) in [5, 5.41) is 0. The minimum Gasteiger partial charge on any atom is -0.399 e. The zero-order valence-corrected chi connectivity index (χ0v) is 21.3. The van der Waals surface area contributed by atoms with E-state index >= 15 is 0 Å². The summed E-state index contributed by atoms with van der Waals surface area (Å²) >= 11 is 0. The first-order valence-corrected chi connectivity index (χ1v) is 14.4. The van der Waals surface area contributed by atoms with Gasteiger partial charge >= 0.3 is 7.12 Å². The Kier molecular flexibility index (Phi) is 4.18. The van der Waals surface area contributed by atoms with Crippen molar-refractivity contribution in [2.45, 2.75) is 86.2 Å². The van der Waals surface area contributed by atoms with Gasteiger partial charge in [-0.2, -0.15) is 0 Å². The second-order valence-electron chi connectivity index (χ2n) is 12.5. The Morgan fingerprint density at radius 1 is 0.765 bits per heavy atom. The fourth-order valence-corrected chi connectivity index (χ4v) is 10.2. The van der Waals surface area contributed by atoms with Crippen LogP contribution in [0.25, 0.3) is 0 Å². The van der Waals surface area contributed by atoms with Crippen molar-refractivity contribution in [1.82, 2.24) is 0 Å². The van der Waals surface area contributed by atoms with Gasteiger partial charge in [0.15, 0.2) is 0 Å². The highest BCUT2D eigenvalue weighted by Gasteiger charge is 2.62. The van der Waals surface area contributed by atoms with Crippen molar-refractivity contribution in [1.29, 1.82) is 0 Å². The molecule has 0 aromatic heterocycles. The van der Waals surface area contributed by atoms with E-state index in [0.29, 0.717) is 21.6 Å². The summed E-state index contributed by atoms with van der Waals surface area (Å²) in [4.78, 5) is 0.993. The van der Waals surface area contributed by atoms with Gasteiger partial charge in [0, 0.05) is 5.41 Å². The van der Waals surface area contributed by atoms with Crippen LogP contribution in [0, 0.1) is 23.7 Å². The van der Waals surface area contributed by atoms with Crippen LogP contribution in [-0.4, -0.2) is 26.7 Å².